The maximum absolute atomic E-state index is 6.12. The van der Waals surface area contributed by atoms with E-state index in [1.54, 1.807) is 14.2 Å². The first-order chi connectivity index (χ1) is 26.7. The summed E-state index contributed by atoms with van der Waals surface area (Å²) in [6.45, 7) is 0. The Morgan fingerprint density at radius 2 is 0.556 bits per heavy atom. The van der Waals surface area contributed by atoms with E-state index in [4.69, 9.17) is 9.47 Å². The second kappa shape index (κ2) is 17.3. The molecule has 2 heteroatoms. The van der Waals surface area contributed by atoms with Crippen LogP contribution >= 0.6 is 0 Å². The molecule has 0 saturated heterocycles. The number of ether oxygens (including phenoxy) is 2. The SMILES string of the molecule is COc1cc(CCCC(c2ccccc2)(c2ccccc2)c2ccccc2)c(OC)cc1CCCC(c1ccccc1)(c1ccccc1)c1ccccc1. The summed E-state index contributed by atoms with van der Waals surface area (Å²) in [5.41, 5.74) is 9.61. The highest BCUT2D eigenvalue weighted by atomic mass is 16.5. The van der Waals surface area contributed by atoms with Gasteiger partial charge in [-0.25, -0.2) is 0 Å². The van der Waals surface area contributed by atoms with Crippen LogP contribution in [0.3, 0.4) is 0 Å². The topological polar surface area (TPSA) is 18.5 Å². The molecule has 0 aliphatic rings. The van der Waals surface area contributed by atoms with Crippen molar-refractivity contribution in [1.29, 1.82) is 0 Å². The minimum absolute atomic E-state index is 0.288. The molecule has 0 amide bonds. The predicted molar refractivity (Wildman–Crippen MR) is 224 cm³/mol. The van der Waals surface area contributed by atoms with Gasteiger partial charge < -0.3 is 9.47 Å². The lowest BCUT2D eigenvalue weighted by atomic mass is 9.66. The summed E-state index contributed by atoms with van der Waals surface area (Å²) >= 11 is 0. The Bertz CT molecular complexity index is 1810. The smallest absolute Gasteiger partial charge is 0.122 e. The van der Waals surface area contributed by atoms with E-state index in [1.807, 2.05) is 0 Å². The molecule has 0 bridgehead atoms. The Kier molecular flexibility index (Phi) is 11.7. The van der Waals surface area contributed by atoms with E-state index >= 15 is 0 Å². The molecule has 0 heterocycles. The Labute approximate surface area is 322 Å². The summed E-state index contributed by atoms with van der Waals surface area (Å²) < 4.78 is 12.2. The highest BCUT2D eigenvalue weighted by Gasteiger charge is 2.37. The molecule has 0 unspecified atom stereocenters. The molecule has 7 rings (SSSR count). The number of hydrogen-bond acceptors (Lipinski definition) is 2. The largest absolute Gasteiger partial charge is 0.496 e. The lowest BCUT2D eigenvalue weighted by Gasteiger charge is -2.36. The number of methoxy groups -OCH3 is 2. The van der Waals surface area contributed by atoms with Gasteiger partial charge in [-0.15, -0.1) is 0 Å². The Hall–Kier alpha value is -5.86. The first-order valence-electron chi connectivity index (χ1n) is 19.3. The predicted octanol–water partition coefficient (Wildman–Crippen LogP) is 12.4. The quantitative estimate of drug-likeness (QED) is 0.0932. The summed E-state index contributed by atoms with van der Waals surface area (Å²) in [5.74, 6) is 1.85. The van der Waals surface area contributed by atoms with Crippen LogP contribution in [0.2, 0.25) is 0 Å². The van der Waals surface area contributed by atoms with Crippen LogP contribution in [0.15, 0.2) is 194 Å². The van der Waals surface area contributed by atoms with Crippen molar-refractivity contribution in [2.45, 2.75) is 49.4 Å². The van der Waals surface area contributed by atoms with Crippen molar-refractivity contribution >= 4 is 0 Å². The van der Waals surface area contributed by atoms with E-state index in [0.29, 0.717) is 0 Å². The standard InChI is InChI=1S/C52H50O2/c1-53-49-39-42(24-22-38-52(46-31-15-6-16-32-46,47-33-17-7-18-34-47)48-35-19-8-20-36-48)50(54-2)40-41(49)23-21-37-51(43-25-9-3-10-26-43,44-27-11-4-12-28-44)45-29-13-5-14-30-45/h3-20,25-36,39-40H,21-24,37-38H2,1-2H3. The number of benzene rings is 7. The molecular formula is C52H50O2. The van der Waals surface area contributed by atoms with Crippen LogP contribution in [0.5, 0.6) is 11.5 Å². The maximum Gasteiger partial charge on any atom is 0.122 e. The minimum atomic E-state index is -0.288. The van der Waals surface area contributed by atoms with Crippen LogP contribution < -0.4 is 9.47 Å². The molecule has 0 spiro atoms. The van der Waals surface area contributed by atoms with Gasteiger partial charge in [-0.1, -0.05) is 182 Å². The lowest BCUT2D eigenvalue weighted by Crippen LogP contribution is -2.29. The van der Waals surface area contributed by atoms with Gasteiger partial charge in [-0.05, 0) is 95.2 Å². The molecule has 0 aliphatic carbocycles. The molecule has 0 atom stereocenters. The van der Waals surface area contributed by atoms with Crippen molar-refractivity contribution in [3.8, 4) is 11.5 Å². The molecule has 7 aromatic carbocycles. The molecule has 7 aromatic rings. The Balaban J connectivity index is 1.17. The van der Waals surface area contributed by atoms with Crippen LogP contribution in [-0.2, 0) is 23.7 Å². The first-order valence-corrected chi connectivity index (χ1v) is 19.3. The van der Waals surface area contributed by atoms with Crippen LogP contribution in [0.1, 0.15) is 70.2 Å². The summed E-state index contributed by atoms with van der Waals surface area (Å²) in [6, 6.07) is 70.3. The first kappa shape index (κ1) is 36.5. The second-order valence-electron chi connectivity index (χ2n) is 14.2. The van der Waals surface area contributed by atoms with Crippen LogP contribution in [-0.4, -0.2) is 14.2 Å². The van der Waals surface area contributed by atoms with Crippen LogP contribution in [0, 0.1) is 0 Å². The summed E-state index contributed by atoms with van der Waals surface area (Å²) in [5, 5.41) is 0. The zero-order chi connectivity index (χ0) is 37.1. The third-order valence-corrected chi connectivity index (χ3v) is 11.3. The van der Waals surface area contributed by atoms with E-state index in [1.165, 1.54) is 44.5 Å². The zero-order valence-electron chi connectivity index (χ0n) is 31.5. The van der Waals surface area contributed by atoms with Gasteiger partial charge in [0, 0.05) is 10.8 Å². The van der Waals surface area contributed by atoms with Crippen LogP contribution in [0.25, 0.3) is 0 Å². The van der Waals surface area contributed by atoms with Gasteiger partial charge >= 0.3 is 0 Å². The molecule has 0 aromatic heterocycles. The van der Waals surface area contributed by atoms with Crippen molar-refractivity contribution in [3.05, 3.63) is 239 Å². The van der Waals surface area contributed by atoms with Crippen molar-refractivity contribution in [2.24, 2.45) is 0 Å². The van der Waals surface area contributed by atoms with E-state index in [-0.39, 0.29) is 10.8 Å². The van der Waals surface area contributed by atoms with Crippen molar-refractivity contribution in [2.75, 3.05) is 14.2 Å². The molecular weight excluding hydrogens is 657 g/mol. The fraction of sp³-hybridized carbons (Fsp3) is 0.192. The van der Waals surface area contributed by atoms with Gasteiger partial charge in [-0.2, -0.15) is 0 Å². The average molecular weight is 707 g/mol. The molecule has 0 saturated carbocycles. The third kappa shape index (κ3) is 7.48. The molecule has 0 N–H and O–H groups in total. The fourth-order valence-electron chi connectivity index (χ4n) is 8.70. The second-order valence-corrected chi connectivity index (χ2v) is 14.2. The molecule has 54 heavy (non-hydrogen) atoms. The normalized spacial score (nSPS) is 11.6. The van der Waals surface area contributed by atoms with E-state index in [2.05, 4.69) is 194 Å². The summed E-state index contributed by atoms with van der Waals surface area (Å²) in [7, 11) is 3.59. The third-order valence-electron chi connectivity index (χ3n) is 11.3. The molecule has 0 aliphatic heterocycles. The highest BCUT2D eigenvalue weighted by molar-refractivity contribution is 5.53. The van der Waals surface area contributed by atoms with E-state index < -0.39 is 0 Å². The minimum Gasteiger partial charge on any atom is -0.496 e. The molecule has 270 valence electrons. The molecule has 0 fully saturated rings. The molecule has 2 nitrogen and oxygen atoms in total. The molecule has 0 radical (unpaired) electrons. The summed E-state index contributed by atoms with van der Waals surface area (Å²) in [6.07, 6.45) is 5.55. The van der Waals surface area contributed by atoms with Gasteiger partial charge in [0.1, 0.15) is 11.5 Å². The van der Waals surface area contributed by atoms with E-state index in [9.17, 15) is 0 Å². The lowest BCUT2D eigenvalue weighted by molar-refractivity contribution is 0.392. The van der Waals surface area contributed by atoms with Gasteiger partial charge in [0.25, 0.3) is 0 Å². The number of rotatable bonds is 16. The average Bonchev–Trinajstić information content (AvgIpc) is 3.26. The van der Waals surface area contributed by atoms with E-state index in [0.717, 1.165) is 50.0 Å². The Morgan fingerprint density at radius 3 is 0.759 bits per heavy atom. The van der Waals surface area contributed by atoms with Gasteiger partial charge in [0.2, 0.25) is 0 Å². The maximum atomic E-state index is 6.12. The van der Waals surface area contributed by atoms with Gasteiger partial charge in [0.15, 0.2) is 0 Å². The number of aryl methyl sites for hydroxylation is 2. The van der Waals surface area contributed by atoms with Crippen molar-refractivity contribution in [1.82, 2.24) is 0 Å². The van der Waals surface area contributed by atoms with Crippen molar-refractivity contribution in [3.63, 3.8) is 0 Å². The summed E-state index contributed by atoms with van der Waals surface area (Å²) in [4.78, 5) is 0. The monoisotopic (exact) mass is 706 g/mol. The number of hydrogen-bond donors (Lipinski definition) is 0. The fourth-order valence-corrected chi connectivity index (χ4v) is 8.70. The van der Waals surface area contributed by atoms with Gasteiger partial charge in [-0.3, -0.25) is 0 Å². The van der Waals surface area contributed by atoms with Crippen molar-refractivity contribution < 1.29 is 9.47 Å². The zero-order valence-corrected chi connectivity index (χ0v) is 31.5. The van der Waals surface area contributed by atoms with Gasteiger partial charge in [0.05, 0.1) is 14.2 Å². The van der Waals surface area contributed by atoms with Crippen LogP contribution in [0.4, 0.5) is 0 Å². The highest BCUT2D eigenvalue weighted by Crippen LogP contribution is 2.45. The Morgan fingerprint density at radius 1 is 0.333 bits per heavy atom.